The minimum atomic E-state index is -1.17. The number of ether oxygens (including phenoxy) is 1. The molecule has 2 unspecified atom stereocenters. The molecule has 2 aromatic carbocycles. The van der Waals surface area contributed by atoms with Gasteiger partial charge in [-0.2, -0.15) is 0 Å². The van der Waals surface area contributed by atoms with Crippen LogP contribution >= 0.6 is 11.6 Å². The molecule has 0 aromatic heterocycles. The van der Waals surface area contributed by atoms with Gasteiger partial charge >= 0.3 is 6.09 Å². The summed E-state index contributed by atoms with van der Waals surface area (Å²) in [6.45, 7) is 5.61. The number of rotatable bonds is 3. The molecule has 1 N–H and O–H groups in total. The third-order valence-corrected chi connectivity index (χ3v) is 4.86. The molecule has 0 spiro atoms. The number of anilines is 1. The van der Waals surface area contributed by atoms with Crippen molar-refractivity contribution in [3.05, 3.63) is 64.7 Å². The van der Waals surface area contributed by atoms with E-state index in [9.17, 15) is 14.0 Å². The highest BCUT2D eigenvalue weighted by molar-refractivity contribution is 6.30. The zero-order valence-electron chi connectivity index (χ0n) is 16.6. The number of nitrogens with one attached hydrogen (secondary N) is 1. The number of carbonyl (C=O) groups excluding carboxylic acids is 2. The number of carbonyl (C=O) groups is 2. The lowest BCUT2D eigenvalue weighted by atomic mass is 9.97. The number of hydrogen-bond acceptors (Lipinski definition) is 3. The zero-order chi connectivity index (χ0) is 21.2. The van der Waals surface area contributed by atoms with Crippen LogP contribution in [0.25, 0.3) is 0 Å². The Labute approximate surface area is 174 Å². The molecule has 1 saturated heterocycles. The Bertz CT molecular complexity index is 878. The van der Waals surface area contributed by atoms with Crippen molar-refractivity contribution < 1.29 is 18.7 Å². The predicted octanol–water partition coefficient (Wildman–Crippen LogP) is 5.26. The molecule has 0 saturated carbocycles. The van der Waals surface area contributed by atoms with Crippen LogP contribution in [0, 0.1) is 0 Å². The number of benzene rings is 2. The van der Waals surface area contributed by atoms with E-state index in [0.717, 1.165) is 5.56 Å². The summed E-state index contributed by atoms with van der Waals surface area (Å²) in [4.78, 5) is 25.9. The van der Waals surface area contributed by atoms with Crippen LogP contribution in [0.3, 0.4) is 0 Å². The van der Waals surface area contributed by atoms with E-state index < -0.39 is 23.8 Å². The van der Waals surface area contributed by atoms with Gasteiger partial charge < -0.3 is 15.0 Å². The number of hydrogen-bond donors (Lipinski definition) is 1. The second-order valence-electron chi connectivity index (χ2n) is 8.09. The van der Waals surface area contributed by atoms with Gasteiger partial charge in [0.15, 0.2) is 0 Å². The van der Waals surface area contributed by atoms with Crippen molar-refractivity contribution in [2.75, 3.05) is 18.4 Å². The third-order valence-electron chi connectivity index (χ3n) is 4.60. The summed E-state index contributed by atoms with van der Waals surface area (Å²) in [6.07, 6.45) is -1.67. The molecular formula is C22H24ClFN2O3. The normalized spacial score (nSPS) is 19.1. The van der Waals surface area contributed by atoms with Crippen LogP contribution in [-0.2, 0) is 4.74 Å². The molecular weight excluding hydrogens is 395 g/mol. The van der Waals surface area contributed by atoms with Crippen LogP contribution in [-0.4, -0.2) is 41.8 Å². The van der Waals surface area contributed by atoms with E-state index in [-0.39, 0.29) is 19.0 Å². The van der Waals surface area contributed by atoms with Gasteiger partial charge in [0.1, 0.15) is 11.8 Å². The molecule has 1 aliphatic rings. The first kappa shape index (κ1) is 21.1. The largest absolute Gasteiger partial charge is 0.444 e. The average Bonchev–Trinajstić information content (AvgIpc) is 3.03. The van der Waals surface area contributed by atoms with Gasteiger partial charge in [0.05, 0.1) is 6.54 Å². The van der Waals surface area contributed by atoms with Crippen LogP contribution in [0.15, 0.2) is 48.5 Å². The van der Waals surface area contributed by atoms with E-state index in [1.807, 2.05) is 0 Å². The molecule has 2 amide bonds. The van der Waals surface area contributed by atoms with Crippen molar-refractivity contribution >= 4 is 29.3 Å². The summed E-state index contributed by atoms with van der Waals surface area (Å²) < 4.78 is 19.9. The molecule has 2 aromatic rings. The van der Waals surface area contributed by atoms with Gasteiger partial charge in [-0.1, -0.05) is 23.7 Å². The van der Waals surface area contributed by atoms with Gasteiger partial charge in [0.25, 0.3) is 5.91 Å². The first-order valence-electron chi connectivity index (χ1n) is 9.41. The predicted molar refractivity (Wildman–Crippen MR) is 111 cm³/mol. The summed E-state index contributed by atoms with van der Waals surface area (Å²) in [6, 6.07) is 13.6. The van der Waals surface area contributed by atoms with Crippen molar-refractivity contribution in [2.24, 2.45) is 0 Å². The first-order chi connectivity index (χ1) is 13.6. The molecule has 0 bridgehead atoms. The van der Waals surface area contributed by atoms with Gasteiger partial charge in [-0.25, -0.2) is 9.18 Å². The van der Waals surface area contributed by atoms with Gasteiger partial charge in [-0.3, -0.25) is 4.79 Å². The summed E-state index contributed by atoms with van der Waals surface area (Å²) in [5, 5.41) is 3.36. The highest BCUT2D eigenvalue weighted by Gasteiger charge is 2.38. The van der Waals surface area contributed by atoms with Crippen LogP contribution < -0.4 is 5.32 Å². The van der Waals surface area contributed by atoms with E-state index in [0.29, 0.717) is 16.3 Å². The molecule has 1 fully saturated rings. The summed E-state index contributed by atoms with van der Waals surface area (Å²) in [5.74, 6) is -0.682. The Morgan fingerprint density at radius 2 is 1.69 bits per heavy atom. The lowest BCUT2D eigenvalue weighted by Crippen LogP contribution is -2.35. The summed E-state index contributed by atoms with van der Waals surface area (Å²) >= 11 is 5.83. The first-order valence-corrected chi connectivity index (χ1v) is 9.79. The molecule has 1 heterocycles. The Hall–Kier alpha value is -2.60. The highest BCUT2D eigenvalue weighted by atomic mass is 35.5. The molecule has 3 rings (SSSR count). The molecule has 29 heavy (non-hydrogen) atoms. The number of alkyl halides is 1. The van der Waals surface area contributed by atoms with Gasteiger partial charge in [0, 0.05) is 28.7 Å². The van der Waals surface area contributed by atoms with E-state index in [4.69, 9.17) is 16.3 Å². The lowest BCUT2D eigenvalue weighted by molar-refractivity contribution is 0.0283. The smallest absolute Gasteiger partial charge is 0.410 e. The van der Waals surface area contributed by atoms with Crippen molar-refractivity contribution in [1.82, 2.24) is 4.90 Å². The maximum atomic E-state index is 14.6. The van der Waals surface area contributed by atoms with Crippen molar-refractivity contribution in [2.45, 2.75) is 38.5 Å². The van der Waals surface area contributed by atoms with Crippen molar-refractivity contribution in [1.29, 1.82) is 0 Å². The Kier molecular flexibility index (Phi) is 6.13. The van der Waals surface area contributed by atoms with E-state index >= 15 is 0 Å². The molecule has 7 heteroatoms. The standard InChI is InChI=1S/C22H24ClFN2O3/c1-22(2,3)29-21(28)26-12-18(19(24)13-26)14-6-10-17(11-7-14)25-20(27)15-4-8-16(23)9-5-15/h4-11,18-19H,12-13H2,1-3H3,(H,25,27). The second kappa shape index (κ2) is 8.41. The van der Waals surface area contributed by atoms with Crippen LogP contribution in [0.5, 0.6) is 0 Å². The maximum Gasteiger partial charge on any atom is 0.410 e. The zero-order valence-corrected chi connectivity index (χ0v) is 17.4. The third kappa shape index (κ3) is 5.48. The fourth-order valence-corrected chi connectivity index (χ4v) is 3.30. The van der Waals surface area contributed by atoms with Crippen molar-refractivity contribution in [3.63, 3.8) is 0 Å². The maximum absolute atomic E-state index is 14.6. The number of halogens is 2. The number of amides is 2. The summed E-state index contributed by atoms with van der Waals surface area (Å²) in [5.41, 5.74) is 1.25. The molecule has 2 atom stereocenters. The van der Waals surface area contributed by atoms with Gasteiger partial charge in [0.2, 0.25) is 0 Å². The molecule has 0 aliphatic carbocycles. The van der Waals surface area contributed by atoms with E-state index in [1.54, 1.807) is 69.3 Å². The molecule has 5 nitrogen and oxygen atoms in total. The van der Waals surface area contributed by atoms with Crippen LogP contribution in [0.4, 0.5) is 14.9 Å². The minimum Gasteiger partial charge on any atom is -0.444 e. The average molecular weight is 419 g/mol. The molecule has 154 valence electrons. The Morgan fingerprint density at radius 1 is 1.07 bits per heavy atom. The number of likely N-dealkylation sites (tertiary alicyclic amines) is 1. The highest BCUT2D eigenvalue weighted by Crippen LogP contribution is 2.31. The van der Waals surface area contributed by atoms with Crippen molar-refractivity contribution in [3.8, 4) is 0 Å². The quantitative estimate of drug-likeness (QED) is 0.739. The summed E-state index contributed by atoms with van der Waals surface area (Å²) in [7, 11) is 0. The second-order valence-corrected chi connectivity index (χ2v) is 8.53. The fourth-order valence-electron chi connectivity index (χ4n) is 3.17. The van der Waals surface area contributed by atoms with E-state index in [1.165, 1.54) is 4.90 Å². The van der Waals surface area contributed by atoms with Gasteiger partial charge in [-0.05, 0) is 62.7 Å². The molecule has 0 radical (unpaired) electrons. The fraction of sp³-hybridized carbons (Fsp3) is 0.364. The van der Waals surface area contributed by atoms with Gasteiger partial charge in [-0.15, -0.1) is 0 Å². The lowest BCUT2D eigenvalue weighted by Gasteiger charge is -2.24. The monoisotopic (exact) mass is 418 g/mol. The number of nitrogens with zero attached hydrogens (tertiary/aromatic N) is 1. The van der Waals surface area contributed by atoms with Crippen LogP contribution in [0.1, 0.15) is 42.6 Å². The Morgan fingerprint density at radius 3 is 2.28 bits per heavy atom. The Balaban J connectivity index is 1.63. The van der Waals surface area contributed by atoms with E-state index in [2.05, 4.69) is 5.32 Å². The topological polar surface area (TPSA) is 58.6 Å². The SMILES string of the molecule is CC(C)(C)OC(=O)N1CC(F)C(c2ccc(NC(=O)c3ccc(Cl)cc3)cc2)C1. The molecule has 1 aliphatic heterocycles. The minimum absolute atomic E-state index is 0.00857. The van der Waals surface area contributed by atoms with Crippen LogP contribution in [0.2, 0.25) is 5.02 Å².